The Balaban J connectivity index is 1.53. The van der Waals surface area contributed by atoms with Gasteiger partial charge in [-0.3, -0.25) is 4.90 Å². The fourth-order valence-corrected chi connectivity index (χ4v) is 4.32. The molecule has 0 bridgehead atoms. The number of piperidine rings is 1. The molecule has 1 heterocycles. The molecule has 2 aliphatic rings. The van der Waals surface area contributed by atoms with E-state index in [4.69, 9.17) is 0 Å². The van der Waals surface area contributed by atoms with Crippen LogP contribution in [0.15, 0.2) is 60.7 Å². The Labute approximate surface area is 139 Å². The van der Waals surface area contributed by atoms with Gasteiger partial charge < -0.3 is 0 Å². The van der Waals surface area contributed by atoms with Crippen molar-refractivity contribution in [3.8, 4) is 0 Å². The van der Waals surface area contributed by atoms with Gasteiger partial charge in [-0.05, 0) is 60.4 Å². The molecule has 2 aromatic carbocycles. The second-order valence-corrected chi connectivity index (χ2v) is 7.14. The van der Waals surface area contributed by atoms with Gasteiger partial charge in [-0.15, -0.1) is 0 Å². The highest BCUT2D eigenvalue weighted by molar-refractivity contribution is 5.67. The fourth-order valence-electron chi connectivity index (χ4n) is 4.32. The molecule has 0 unspecified atom stereocenters. The van der Waals surface area contributed by atoms with Gasteiger partial charge >= 0.3 is 0 Å². The van der Waals surface area contributed by atoms with Crippen molar-refractivity contribution in [1.82, 2.24) is 4.90 Å². The van der Waals surface area contributed by atoms with Gasteiger partial charge in [0.05, 0.1) is 0 Å². The van der Waals surface area contributed by atoms with Crippen LogP contribution in [0.2, 0.25) is 0 Å². The Morgan fingerprint density at radius 3 is 2.65 bits per heavy atom. The first-order valence-electron chi connectivity index (χ1n) is 8.82. The topological polar surface area (TPSA) is 3.24 Å². The fraction of sp³-hybridized carbons (Fsp3) is 0.364. The van der Waals surface area contributed by atoms with E-state index in [1.165, 1.54) is 48.2 Å². The van der Waals surface area contributed by atoms with Gasteiger partial charge in [0.1, 0.15) is 0 Å². The van der Waals surface area contributed by atoms with Crippen molar-refractivity contribution in [2.45, 2.75) is 26.3 Å². The lowest BCUT2D eigenvalue weighted by atomic mass is 9.82. The number of benzene rings is 2. The van der Waals surface area contributed by atoms with Crippen LogP contribution in [0.5, 0.6) is 0 Å². The van der Waals surface area contributed by atoms with Crippen LogP contribution in [0.4, 0.5) is 0 Å². The van der Waals surface area contributed by atoms with Gasteiger partial charge in [-0.2, -0.15) is 0 Å². The van der Waals surface area contributed by atoms with Crippen LogP contribution in [0.1, 0.15) is 30.0 Å². The molecular formula is C22H25N. The Morgan fingerprint density at radius 1 is 1.00 bits per heavy atom. The van der Waals surface area contributed by atoms with Crippen molar-refractivity contribution in [1.29, 1.82) is 0 Å². The summed E-state index contributed by atoms with van der Waals surface area (Å²) in [5.41, 5.74) is 5.92. The van der Waals surface area contributed by atoms with Gasteiger partial charge in [0.15, 0.2) is 0 Å². The summed E-state index contributed by atoms with van der Waals surface area (Å²) in [5.74, 6) is 1.50. The van der Waals surface area contributed by atoms with Crippen LogP contribution in [-0.2, 0) is 13.0 Å². The van der Waals surface area contributed by atoms with Crippen LogP contribution >= 0.6 is 0 Å². The van der Waals surface area contributed by atoms with Gasteiger partial charge in [0.25, 0.3) is 0 Å². The maximum Gasteiger partial charge on any atom is 0.0233 e. The zero-order valence-electron chi connectivity index (χ0n) is 13.9. The molecule has 0 saturated carbocycles. The molecule has 1 nitrogen and oxygen atoms in total. The van der Waals surface area contributed by atoms with E-state index in [9.17, 15) is 0 Å². The molecule has 118 valence electrons. The van der Waals surface area contributed by atoms with E-state index in [1.54, 1.807) is 0 Å². The molecule has 1 heteroatoms. The first-order chi connectivity index (χ1) is 11.3. The number of allylic oxidation sites excluding steroid dienone is 2. The summed E-state index contributed by atoms with van der Waals surface area (Å²) in [5, 5.41) is 0. The Kier molecular flexibility index (Phi) is 4.05. The number of nitrogens with zero attached hydrogens (tertiary/aromatic N) is 1. The number of fused-ring (bicyclic) bond motifs is 2. The van der Waals surface area contributed by atoms with E-state index in [-0.39, 0.29) is 0 Å². The maximum atomic E-state index is 2.65. The number of hydrogen-bond donors (Lipinski definition) is 0. The van der Waals surface area contributed by atoms with E-state index in [2.05, 4.69) is 72.5 Å². The predicted molar refractivity (Wildman–Crippen MR) is 97.1 cm³/mol. The minimum Gasteiger partial charge on any atom is -0.299 e. The molecule has 2 atom stereocenters. The van der Waals surface area contributed by atoms with Crippen molar-refractivity contribution in [3.63, 3.8) is 0 Å². The van der Waals surface area contributed by atoms with E-state index < -0.39 is 0 Å². The molecule has 0 amide bonds. The normalized spacial score (nSPS) is 24.3. The van der Waals surface area contributed by atoms with Crippen molar-refractivity contribution in [2.24, 2.45) is 11.8 Å². The third-order valence-corrected chi connectivity index (χ3v) is 5.51. The highest BCUT2D eigenvalue weighted by atomic mass is 15.1. The van der Waals surface area contributed by atoms with Gasteiger partial charge in [-0.1, -0.05) is 60.7 Å². The van der Waals surface area contributed by atoms with Crippen molar-refractivity contribution < 1.29 is 0 Å². The van der Waals surface area contributed by atoms with Gasteiger partial charge in [0, 0.05) is 13.1 Å². The zero-order chi connectivity index (χ0) is 15.6. The van der Waals surface area contributed by atoms with Gasteiger partial charge in [0.2, 0.25) is 0 Å². The largest absolute Gasteiger partial charge is 0.299 e. The summed E-state index contributed by atoms with van der Waals surface area (Å²) in [6.45, 7) is 5.82. The Bertz CT molecular complexity index is 701. The zero-order valence-corrected chi connectivity index (χ0v) is 13.9. The molecule has 23 heavy (non-hydrogen) atoms. The quantitative estimate of drug-likeness (QED) is 0.771. The van der Waals surface area contributed by atoms with E-state index in [0.717, 1.165) is 18.4 Å². The third-order valence-electron chi connectivity index (χ3n) is 5.51. The van der Waals surface area contributed by atoms with E-state index in [0.29, 0.717) is 0 Å². The third kappa shape index (κ3) is 3.11. The number of likely N-dealkylation sites (tertiary alicyclic amines) is 1. The van der Waals surface area contributed by atoms with Crippen molar-refractivity contribution in [2.75, 3.05) is 13.1 Å². The summed E-state index contributed by atoms with van der Waals surface area (Å²) < 4.78 is 0. The van der Waals surface area contributed by atoms with E-state index in [1.807, 2.05) is 0 Å². The molecule has 4 rings (SSSR count). The average molecular weight is 303 g/mol. The predicted octanol–water partition coefficient (Wildman–Crippen LogP) is 4.78. The second-order valence-electron chi connectivity index (χ2n) is 7.14. The molecular weight excluding hydrogens is 278 g/mol. The summed E-state index contributed by atoms with van der Waals surface area (Å²) in [7, 11) is 0. The number of rotatable bonds is 2. The smallest absolute Gasteiger partial charge is 0.0233 e. The molecule has 0 N–H and O–H groups in total. The molecule has 1 aliphatic heterocycles. The summed E-state index contributed by atoms with van der Waals surface area (Å²) in [6, 6.07) is 19.9. The minimum atomic E-state index is 0.745. The Hall–Kier alpha value is -1.86. The Morgan fingerprint density at radius 2 is 1.78 bits per heavy atom. The number of hydrogen-bond acceptors (Lipinski definition) is 1. The first kappa shape index (κ1) is 14.7. The molecule has 0 radical (unpaired) electrons. The first-order valence-corrected chi connectivity index (χ1v) is 8.82. The summed E-state index contributed by atoms with van der Waals surface area (Å²) in [4.78, 5) is 2.65. The monoisotopic (exact) mass is 303 g/mol. The van der Waals surface area contributed by atoms with Gasteiger partial charge in [-0.25, -0.2) is 0 Å². The highest BCUT2D eigenvalue weighted by Gasteiger charge is 2.30. The lowest BCUT2D eigenvalue weighted by Gasteiger charge is -2.37. The highest BCUT2D eigenvalue weighted by Crippen LogP contribution is 2.36. The van der Waals surface area contributed by atoms with Crippen LogP contribution < -0.4 is 0 Å². The molecule has 0 aromatic heterocycles. The molecule has 0 spiro atoms. The molecule has 1 saturated heterocycles. The lowest BCUT2D eigenvalue weighted by Crippen LogP contribution is -2.40. The van der Waals surface area contributed by atoms with E-state index >= 15 is 0 Å². The summed E-state index contributed by atoms with van der Waals surface area (Å²) >= 11 is 0. The van der Waals surface area contributed by atoms with Crippen LogP contribution in [0, 0.1) is 11.8 Å². The minimum absolute atomic E-state index is 0.745. The van der Waals surface area contributed by atoms with Crippen LogP contribution in [0.25, 0.3) is 5.57 Å². The average Bonchev–Trinajstić information content (AvgIpc) is 2.72. The van der Waals surface area contributed by atoms with Crippen molar-refractivity contribution >= 4 is 5.57 Å². The van der Waals surface area contributed by atoms with Crippen molar-refractivity contribution in [3.05, 3.63) is 77.4 Å². The lowest BCUT2D eigenvalue weighted by molar-refractivity contribution is 0.135. The standard InChI is InChI=1S/C22H25N/c1-17-13-19-11-12-23(15-18-7-3-2-4-8-18)16-21(19)14-20-9-5-6-10-22(17)20/h2-10,13,19,21H,11-12,14-16H2,1H3/t19-,21+/m0/s1. The SMILES string of the molecule is CC1=C[C@@H]2CCN(Cc3ccccc3)C[C@H]2Cc2ccccc21. The maximum absolute atomic E-state index is 2.65. The second kappa shape index (κ2) is 6.33. The summed E-state index contributed by atoms with van der Waals surface area (Å²) in [6.07, 6.45) is 5.07. The molecule has 1 aliphatic carbocycles. The van der Waals surface area contributed by atoms with Crippen LogP contribution in [0.3, 0.4) is 0 Å². The van der Waals surface area contributed by atoms with Crippen LogP contribution in [-0.4, -0.2) is 18.0 Å². The molecule has 2 aromatic rings. The molecule has 1 fully saturated rings.